The first-order chi connectivity index (χ1) is 6.27. The van der Waals surface area contributed by atoms with Gasteiger partial charge in [-0.05, 0) is 30.2 Å². The second kappa shape index (κ2) is 3.69. The van der Waals surface area contributed by atoms with E-state index in [1.165, 1.54) is 5.56 Å². The van der Waals surface area contributed by atoms with Crippen LogP contribution in [0.1, 0.15) is 18.4 Å². The third kappa shape index (κ3) is 1.87. The monoisotopic (exact) mass is 195 g/mol. The van der Waals surface area contributed by atoms with Gasteiger partial charge in [0.25, 0.3) is 0 Å². The summed E-state index contributed by atoms with van der Waals surface area (Å²) < 4.78 is 0. The topological polar surface area (TPSA) is 12.0 Å². The maximum absolute atomic E-state index is 5.84. The third-order valence-corrected chi connectivity index (χ3v) is 3.07. The maximum Gasteiger partial charge on any atom is 0.0406 e. The molecule has 1 aliphatic heterocycles. The average molecular weight is 196 g/mol. The fourth-order valence-corrected chi connectivity index (χ4v) is 2.09. The zero-order valence-electron chi connectivity index (χ0n) is 7.76. The van der Waals surface area contributed by atoms with Crippen LogP contribution < -0.4 is 5.32 Å². The van der Waals surface area contributed by atoms with Gasteiger partial charge >= 0.3 is 0 Å². The molecule has 1 fully saturated rings. The van der Waals surface area contributed by atoms with Crippen LogP contribution in [0, 0.1) is 5.92 Å². The highest BCUT2D eigenvalue weighted by Crippen LogP contribution is 2.28. The first-order valence-corrected chi connectivity index (χ1v) is 5.11. The Labute approximate surface area is 84.1 Å². The lowest BCUT2D eigenvalue weighted by molar-refractivity contribution is 0.572. The minimum absolute atomic E-state index is 0.664. The summed E-state index contributed by atoms with van der Waals surface area (Å²) in [6.07, 6.45) is 0. The quantitative estimate of drug-likeness (QED) is 0.727. The van der Waals surface area contributed by atoms with Gasteiger partial charge in [-0.15, -0.1) is 0 Å². The largest absolute Gasteiger partial charge is 0.316 e. The zero-order chi connectivity index (χ0) is 9.26. The minimum Gasteiger partial charge on any atom is -0.316 e. The van der Waals surface area contributed by atoms with Gasteiger partial charge in [-0.3, -0.25) is 0 Å². The Morgan fingerprint density at radius 3 is 2.46 bits per heavy atom. The van der Waals surface area contributed by atoms with Crippen molar-refractivity contribution in [1.29, 1.82) is 0 Å². The second-order valence-electron chi connectivity index (χ2n) is 3.79. The molecule has 13 heavy (non-hydrogen) atoms. The second-order valence-corrected chi connectivity index (χ2v) is 4.23. The molecule has 2 heteroatoms. The molecule has 1 aromatic rings. The number of benzene rings is 1. The van der Waals surface area contributed by atoms with Crippen LogP contribution in [0.15, 0.2) is 24.3 Å². The Hall–Kier alpha value is -0.530. The van der Waals surface area contributed by atoms with Crippen molar-refractivity contribution in [2.24, 2.45) is 5.92 Å². The van der Waals surface area contributed by atoms with Crippen LogP contribution in [-0.4, -0.2) is 13.1 Å². The van der Waals surface area contributed by atoms with Crippen LogP contribution in [0.4, 0.5) is 0 Å². The summed E-state index contributed by atoms with van der Waals surface area (Å²) in [4.78, 5) is 0. The van der Waals surface area contributed by atoms with E-state index in [-0.39, 0.29) is 0 Å². The molecule has 1 heterocycles. The van der Waals surface area contributed by atoms with Crippen molar-refractivity contribution in [3.05, 3.63) is 34.9 Å². The van der Waals surface area contributed by atoms with Gasteiger partial charge in [0.05, 0.1) is 0 Å². The molecular weight excluding hydrogens is 182 g/mol. The number of hydrogen-bond donors (Lipinski definition) is 1. The molecule has 0 aliphatic carbocycles. The Kier molecular flexibility index (Phi) is 2.56. The SMILES string of the molecule is C[C@H]1CNC[C@@H]1c1ccc(Cl)cc1. The molecule has 1 nitrogen and oxygen atoms in total. The highest BCUT2D eigenvalue weighted by Gasteiger charge is 2.23. The van der Waals surface area contributed by atoms with Gasteiger partial charge in [0.15, 0.2) is 0 Å². The first kappa shape index (κ1) is 9.04. The van der Waals surface area contributed by atoms with E-state index >= 15 is 0 Å². The summed E-state index contributed by atoms with van der Waals surface area (Å²) in [5, 5.41) is 4.22. The number of nitrogens with one attached hydrogen (secondary N) is 1. The summed E-state index contributed by atoms with van der Waals surface area (Å²) in [7, 11) is 0. The molecule has 0 unspecified atom stereocenters. The van der Waals surface area contributed by atoms with Crippen molar-refractivity contribution in [3.8, 4) is 0 Å². The summed E-state index contributed by atoms with van der Waals surface area (Å²) in [6, 6.07) is 8.22. The zero-order valence-corrected chi connectivity index (χ0v) is 8.51. The summed E-state index contributed by atoms with van der Waals surface area (Å²) >= 11 is 5.84. The van der Waals surface area contributed by atoms with Crippen LogP contribution in [0.2, 0.25) is 5.02 Å². The smallest absolute Gasteiger partial charge is 0.0406 e. The normalized spacial score (nSPS) is 27.8. The van der Waals surface area contributed by atoms with Gasteiger partial charge in [0.2, 0.25) is 0 Å². The van der Waals surface area contributed by atoms with E-state index in [0.717, 1.165) is 24.0 Å². The Morgan fingerprint density at radius 2 is 1.92 bits per heavy atom. The van der Waals surface area contributed by atoms with Gasteiger partial charge in [-0.2, -0.15) is 0 Å². The fourth-order valence-electron chi connectivity index (χ4n) is 1.97. The van der Waals surface area contributed by atoms with E-state index in [4.69, 9.17) is 11.6 Å². The van der Waals surface area contributed by atoms with Gasteiger partial charge in [0.1, 0.15) is 0 Å². The van der Waals surface area contributed by atoms with Crippen molar-refractivity contribution < 1.29 is 0 Å². The Balaban J connectivity index is 2.20. The van der Waals surface area contributed by atoms with Crippen LogP contribution in [0.3, 0.4) is 0 Å². The third-order valence-electron chi connectivity index (χ3n) is 2.82. The molecule has 1 N–H and O–H groups in total. The minimum atomic E-state index is 0.664. The predicted octanol–water partition coefficient (Wildman–Crippen LogP) is 2.66. The molecular formula is C11H14ClN. The van der Waals surface area contributed by atoms with Crippen LogP contribution >= 0.6 is 11.6 Å². The van der Waals surface area contributed by atoms with Gasteiger partial charge in [-0.25, -0.2) is 0 Å². The van der Waals surface area contributed by atoms with Crippen molar-refractivity contribution in [1.82, 2.24) is 5.32 Å². The van der Waals surface area contributed by atoms with Crippen molar-refractivity contribution in [2.75, 3.05) is 13.1 Å². The Bertz CT molecular complexity index is 281. The molecule has 1 aliphatic rings. The molecule has 1 aromatic carbocycles. The van der Waals surface area contributed by atoms with Crippen LogP contribution in [-0.2, 0) is 0 Å². The standard InChI is InChI=1S/C11H14ClN/c1-8-6-13-7-11(8)9-2-4-10(12)5-3-9/h2-5,8,11,13H,6-7H2,1H3/t8-,11-/m0/s1. The average Bonchev–Trinajstić information content (AvgIpc) is 2.53. The molecule has 0 spiro atoms. The molecule has 0 amide bonds. The molecule has 0 bridgehead atoms. The lowest BCUT2D eigenvalue weighted by Gasteiger charge is -2.14. The summed E-state index contributed by atoms with van der Waals surface area (Å²) in [6.45, 7) is 4.52. The maximum atomic E-state index is 5.84. The Morgan fingerprint density at radius 1 is 1.23 bits per heavy atom. The van der Waals surface area contributed by atoms with Gasteiger partial charge in [-0.1, -0.05) is 30.7 Å². The summed E-state index contributed by atoms with van der Waals surface area (Å²) in [5.74, 6) is 1.40. The lowest BCUT2D eigenvalue weighted by atomic mass is 9.90. The molecule has 0 aromatic heterocycles. The molecule has 70 valence electrons. The van der Waals surface area contributed by atoms with Crippen LogP contribution in [0.5, 0.6) is 0 Å². The van der Waals surface area contributed by atoms with Gasteiger partial charge in [0, 0.05) is 17.5 Å². The predicted molar refractivity (Wildman–Crippen MR) is 56.2 cm³/mol. The van der Waals surface area contributed by atoms with E-state index in [0.29, 0.717) is 5.92 Å². The molecule has 0 saturated carbocycles. The van der Waals surface area contributed by atoms with Gasteiger partial charge < -0.3 is 5.32 Å². The number of hydrogen-bond acceptors (Lipinski definition) is 1. The van der Waals surface area contributed by atoms with E-state index in [9.17, 15) is 0 Å². The van der Waals surface area contributed by atoms with Crippen LogP contribution in [0.25, 0.3) is 0 Å². The van der Waals surface area contributed by atoms with Crippen molar-refractivity contribution in [3.63, 3.8) is 0 Å². The highest BCUT2D eigenvalue weighted by molar-refractivity contribution is 6.30. The van der Waals surface area contributed by atoms with E-state index < -0.39 is 0 Å². The number of halogens is 1. The molecule has 2 rings (SSSR count). The van der Waals surface area contributed by atoms with E-state index in [1.54, 1.807) is 0 Å². The molecule has 0 radical (unpaired) electrons. The lowest BCUT2D eigenvalue weighted by Crippen LogP contribution is -2.07. The van der Waals surface area contributed by atoms with E-state index in [2.05, 4.69) is 24.4 Å². The molecule has 1 saturated heterocycles. The van der Waals surface area contributed by atoms with Crippen molar-refractivity contribution in [2.45, 2.75) is 12.8 Å². The van der Waals surface area contributed by atoms with Crippen molar-refractivity contribution >= 4 is 11.6 Å². The van der Waals surface area contributed by atoms with E-state index in [1.807, 2.05) is 12.1 Å². The fraction of sp³-hybridized carbons (Fsp3) is 0.455. The summed E-state index contributed by atoms with van der Waals surface area (Å²) in [5.41, 5.74) is 1.40. The highest BCUT2D eigenvalue weighted by atomic mass is 35.5. The first-order valence-electron chi connectivity index (χ1n) is 4.73. The molecule has 2 atom stereocenters. The number of rotatable bonds is 1.